The fourth-order valence-corrected chi connectivity index (χ4v) is 1.03. The van der Waals surface area contributed by atoms with Gasteiger partial charge < -0.3 is 9.47 Å². The largest absolute Gasteiger partial charge is 0.497 e. The molecular formula is C12H14O3. The molecule has 0 heterocycles. The Hall–Kier alpha value is -1.77. The fraction of sp³-hybridized carbons (Fsp3) is 0.250. The Morgan fingerprint density at radius 2 is 1.67 bits per heavy atom. The van der Waals surface area contributed by atoms with Crippen LogP contribution >= 0.6 is 0 Å². The number of carbonyl (C=O) groups is 1. The van der Waals surface area contributed by atoms with E-state index < -0.39 is 0 Å². The lowest BCUT2D eigenvalue weighted by atomic mass is 10.3. The first-order chi connectivity index (χ1) is 7.11. The van der Waals surface area contributed by atoms with Crippen molar-refractivity contribution in [2.45, 2.75) is 13.8 Å². The molecule has 0 bridgehead atoms. The monoisotopic (exact) mass is 206 g/mol. The molecule has 0 aromatic heterocycles. The Bertz CT molecular complexity index is 359. The maximum Gasteiger partial charge on any atom is 0.336 e. The van der Waals surface area contributed by atoms with Gasteiger partial charge in [0.2, 0.25) is 0 Å². The summed E-state index contributed by atoms with van der Waals surface area (Å²) in [5.41, 5.74) is 0.911. The highest BCUT2D eigenvalue weighted by Gasteiger charge is 2.00. The standard InChI is InChI=1S/C12H14O3/c1-9(2)8-12(13)15-11-6-4-10(14-3)5-7-11/h4-8H,1-3H3. The van der Waals surface area contributed by atoms with Crippen LogP contribution in [0.4, 0.5) is 0 Å². The first-order valence-corrected chi connectivity index (χ1v) is 4.62. The third-order valence-electron chi connectivity index (χ3n) is 1.68. The van der Waals surface area contributed by atoms with Crippen LogP contribution < -0.4 is 9.47 Å². The molecule has 0 aliphatic carbocycles. The molecule has 0 unspecified atom stereocenters. The number of rotatable bonds is 3. The van der Waals surface area contributed by atoms with Gasteiger partial charge in [-0.25, -0.2) is 4.79 Å². The number of carbonyl (C=O) groups excluding carboxylic acids is 1. The second-order valence-corrected chi connectivity index (χ2v) is 3.32. The van der Waals surface area contributed by atoms with Gasteiger partial charge in [-0.15, -0.1) is 0 Å². The lowest BCUT2D eigenvalue weighted by Crippen LogP contribution is -2.04. The van der Waals surface area contributed by atoms with E-state index in [2.05, 4.69) is 0 Å². The van der Waals surface area contributed by atoms with E-state index in [4.69, 9.17) is 9.47 Å². The van der Waals surface area contributed by atoms with Crippen molar-refractivity contribution in [3.05, 3.63) is 35.9 Å². The SMILES string of the molecule is COc1ccc(OC(=O)C=C(C)C)cc1. The van der Waals surface area contributed by atoms with E-state index in [-0.39, 0.29) is 5.97 Å². The molecule has 1 rings (SSSR count). The van der Waals surface area contributed by atoms with Gasteiger partial charge in [-0.3, -0.25) is 0 Å². The van der Waals surface area contributed by atoms with Crippen LogP contribution in [0.25, 0.3) is 0 Å². The third kappa shape index (κ3) is 3.85. The zero-order chi connectivity index (χ0) is 11.3. The minimum atomic E-state index is -0.361. The number of hydrogen-bond donors (Lipinski definition) is 0. The van der Waals surface area contributed by atoms with Gasteiger partial charge in [0.05, 0.1) is 7.11 Å². The molecule has 0 saturated heterocycles. The number of methoxy groups -OCH3 is 1. The molecule has 1 aromatic rings. The summed E-state index contributed by atoms with van der Waals surface area (Å²) in [4.78, 5) is 11.2. The van der Waals surface area contributed by atoms with Gasteiger partial charge in [-0.05, 0) is 38.1 Å². The Morgan fingerprint density at radius 3 is 2.13 bits per heavy atom. The number of benzene rings is 1. The van der Waals surface area contributed by atoms with Crippen molar-refractivity contribution in [2.24, 2.45) is 0 Å². The van der Waals surface area contributed by atoms with E-state index in [0.29, 0.717) is 5.75 Å². The van der Waals surface area contributed by atoms with Gasteiger partial charge in [0, 0.05) is 6.08 Å². The highest BCUT2D eigenvalue weighted by atomic mass is 16.5. The average molecular weight is 206 g/mol. The quantitative estimate of drug-likeness (QED) is 0.433. The molecular weight excluding hydrogens is 192 g/mol. The predicted molar refractivity (Wildman–Crippen MR) is 58.1 cm³/mol. The zero-order valence-electron chi connectivity index (χ0n) is 9.11. The summed E-state index contributed by atoms with van der Waals surface area (Å²) in [6, 6.07) is 6.86. The van der Waals surface area contributed by atoms with Crippen molar-refractivity contribution in [3.8, 4) is 11.5 Å². The maximum atomic E-state index is 11.2. The van der Waals surface area contributed by atoms with Gasteiger partial charge in [-0.2, -0.15) is 0 Å². The summed E-state index contributed by atoms with van der Waals surface area (Å²) >= 11 is 0. The maximum absolute atomic E-state index is 11.2. The van der Waals surface area contributed by atoms with Crippen molar-refractivity contribution in [3.63, 3.8) is 0 Å². The van der Waals surface area contributed by atoms with E-state index in [0.717, 1.165) is 11.3 Å². The molecule has 0 amide bonds. The lowest BCUT2D eigenvalue weighted by Gasteiger charge is -2.03. The van der Waals surface area contributed by atoms with Crippen LogP contribution in [-0.4, -0.2) is 13.1 Å². The van der Waals surface area contributed by atoms with Crippen molar-refractivity contribution >= 4 is 5.97 Å². The number of ether oxygens (including phenoxy) is 2. The molecule has 0 aliphatic heterocycles. The Balaban J connectivity index is 2.65. The van der Waals surface area contributed by atoms with Gasteiger partial charge in [0.1, 0.15) is 11.5 Å². The third-order valence-corrected chi connectivity index (χ3v) is 1.68. The van der Waals surface area contributed by atoms with Crippen LogP contribution in [0.3, 0.4) is 0 Å². The second kappa shape index (κ2) is 5.20. The topological polar surface area (TPSA) is 35.5 Å². The summed E-state index contributed by atoms with van der Waals surface area (Å²) in [6.07, 6.45) is 1.45. The number of hydrogen-bond acceptors (Lipinski definition) is 3. The Labute approximate surface area is 89.3 Å². The highest BCUT2D eigenvalue weighted by molar-refractivity contribution is 5.84. The normalized spacial score (nSPS) is 9.27. The van der Waals surface area contributed by atoms with Crippen LogP contribution in [0.15, 0.2) is 35.9 Å². The number of esters is 1. The van der Waals surface area contributed by atoms with Gasteiger partial charge in [0.25, 0.3) is 0 Å². The predicted octanol–water partition coefficient (Wildman–Crippen LogP) is 2.57. The molecule has 0 saturated carbocycles. The molecule has 0 spiro atoms. The molecule has 80 valence electrons. The summed E-state index contributed by atoms with van der Waals surface area (Å²) in [7, 11) is 1.59. The van der Waals surface area contributed by atoms with E-state index >= 15 is 0 Å². The molecule has 15 heavy (non-hydrogen) atoms. The Kier molecular flexibility index (Phi) is 3.92. The van der Waals surface area contributed by atoms with Crippen LogP contribution in [0, 0.1) is 0 Å². The smallest absolute Gasteiger partial charge is 0.336 e. The van der Waals surface area contributed by atoms with E-state index in [1.165, 1.54) is 6.08 Å². The van der Waals surface area contributed by atoms with Gasteiger partial charge >= 0.3 is 5.97 Å². The summed E-state index contributed by atoms with van der Waals surface area (Å²) < 4.78 is 10.0. The van der Waals surface area contributed by atoms with Crippen molar-refractivity contribution < 1.29 is 14.3 Å². The molecule has 3 heteroatoms. The molecule has 0 N–H and O–H groups in total. The van der Waals surface area contributed by atoms with Crippen LogP contribution in [-0.2, 0) is 4.79 Å². The molecule has 1 aromatic carbocycles. The summed E-state index contributed by atoms with van der Waals surface area (Å²) in [6.45, 7) is 3.69. The second-order valence-electron chi connectivity index (χ2n) is 3.32. The Morgan fingerprint density at radius 1 is 1.13 bits per heavy atom. The average Bonchev–Trinajstić information content (AvgIpc) is 2.17. The van der Waals surface area contributed by atoms with E-state index in [1.807, 2.05) is 13.8 Å². The summed E-state index contributed by atoms with van der Waals surface area (Å²) in [5, 5.41) is 0. The molecule has 3 nitrogen and oxygen atoms in total. The van der Waals surface area contributed by atoms with Crippen molar-refractivity contribution in [2.75, 3.05) is 7.11 Å². The van der Waals surface area contributed by atoms with E-state index in [9.17, 15) is 4.79 Å². The van der Waals surface area contributed by atoms with Crippen LogP contribution in [0.1, 0.15) is 13.8 Å². The van der Waals surface area contributed by atoms with Gasteiger partial charge in [-0.1, -0.05) is 5.57 Å². The van der Waals surface area contributed by atoms with Crippen molar-refractivity contribution in [1.29, 1.82) is 0 Å². The minimum absolute atomic E-state index is 0.361. The molecule has 0 fully saturated rings. The van der Waals surface area contributed by atoms with Crippen LogP contribution in [0.5, 0.6) is 11.5 Å². The molecule has 0 aliphatic rings. The first kappa shape index (κ1) is 11.3. The summed E-state index contributed by atoms with van der Waals surface area (Å²) in [5.74, 6) is 0.885. The fourth-order valence-electron chi connectivity index (χ4n) is 1.03. The molecule has 0 atom stereocenters. The highest BCUT2D eigenvalue weighted by Crippen LogP contribution is 2.17. The first-order valence-electron chi connectivity index (χ1n) is 4.62. The number of allylic oxidation sites excluding steroid dienone is 1. The van der Waals surface area contributed by atoms with Crippen LogP contribution in [0.2, 0.25) is 0 Å². The van der Waals surface area contributed by atoms with Crippen molar-refractivity contribution in [1.82, 2.24) is 0 Å². The zero-order valence-corrected chi connectivity index (χ0v) is 9.11. The molecule has 0 radical (unpaired) electrons. The van der Waals surface area contributed by atoms with E-state index in [1.54, 1.807) is 31.4 Å². The minimum Gasteiger partial charge on any atom is -0.497 e. The van der Waals surface area contributed by atoms with Gasteiger partial charge in [0.15, 0.2) is 0 Å². The lowest BCUT2D eigenvalue weighted by molar-refractivity contribution is -0.129.